The Kier molecular flexibility index (Phi) is 2.95. The fourth-order valence-corrected chi connectivity index (χ4v) is 6.04. The van der Waals surface area contributed by atoms with Crippen LogP contribution in [-0.2, 0) is 5.41 Å². The highest BCUT2D eigenvalue weighted by Crippen LogP contribution is 2.47. The maximum Gasteiger partial charge on any atom is 0.196 e. The summed E-state index contributed by atoms with van der Waals surface area (Å²) < 4.78 is 0.904. The average molecular weight is 388 g/mol. The monoisotopic (exact) mass is 388 g/mol. The van der Waals surface area contributed by atoms with Crippen LogP contribution in [0.4, 0.5) is 5.69 Å². The second-order valence-electron chi connectivity index (χ2n) is 8.98. The SMILES string of the molecule is CC1(C)c2cc(N3CC4(CNC4)C3)ccc2C(=O)c2c1[nH]c1cc(C#N)sc21. The number of anilines is 1. The van der Waals surface area contributed by atoms with Crippen LogP contribution in [0.2, 0.25) is 0 Å². The minimum atomic E-state index is -0.291. The molecule has 0 unspecified atom stereocenters. The van der Waals surface area contributed by atoms with Crippen molar-refractivity contribution in [3.05, 3.63) is 51.5 Å². The van der Waals surface area contributed by atoms with E-state index in [9.17, 15) is 10.1 Å². The third kappa shape index (κ3) is 1.91. The summed E-state index contributed by atoms with van der Waals surface area (Å²) in [4.78, 5) is 19.9. The van der Waals surface area contributed by atoms with Gasteiger partial charge in [-0.15, -0.1) is 11.3 Å². The van der Waals surface area contributed by atoms with Crippen LogP contribution in [-0.4, -0.2) is 36.9 Å². The molecule has 6 heteroatoms. The first-order valence-electron chi connectivity index (χ1n) is 9.63. The number of nitrogens with one attached hydrogen (secondary N) is 2. The minimum absolute atomic E-state index is 0.0664. The summed E-state index contributed by atoms with van der Waals surface area (Å²) in [6, 6.07) is 10.3. The molecule has 3 aromatic rings. The van der Waals surface area contributed by atoms with Crippen molar-refractivity contribution in [3.63, 3.8) is 0 Å². The molecule has 0 radical (unpaired) electrons. The highest BCUT2D eigenvalue weighted by Gasteiger charge is 2.48. The van der Waals surface area contributed by atoms with Crippen LogP contribution >= 0.6 is 11.3 Å². The first-order chi connectivity index (χ1) is 13.4. The van der Waals surface area contributed by atoms with E-state index >= 15 is 0 Å². The Balaban J connectivity index is 1.46. The predicted molar refractivity (Wildman–Crippen MR) is 110 cm³/mol. The maximum atomic E-state index is 13.4. The first-order valence-corrected chi connectivity index (χ1v) is 10.4. The molecular weight excluding hydrogens is 368 g/mol. The summed E-state index contributed by atoms with van der Waals surface area (Å²) in [5.41, 5.74) is 5.87. The Labute approximate surface area is 167 Å². The number of carbonyl (C=O) groups excluding carboxylic acids is 1. The molecule has 2 aliphatic heterocycles. The van der Waals surface area contributed by atoms with Crippen LogP contribution in [0, 0.1) is 16.7 Å². The van der Waals surface area contributed by atoms with Gasteiger partial charge in [0, 0.05) is 54.0 Å². The van der Waals surface area contributed by atoms with Crippen LogP contribution in [0.15, 0.2) is 24.3 Å². The van der Waals surface area contributed by atoms with Crippen molar-refractivity contribution in [2.24, 2.45) is 5.41 Å². The van der Waals surface area contributed by atoms with Gasteiger partial charge in [-0.3, -0.25) is 4.79 Å². The van der Waals surface area contributed by atoms with Gasteiger partial charge in [0.05, 0.1) is 15.8 Å². The normalized spacial score (nSPS) is 21.0. The van der Waals surface area contributed by atoms with Crippen LogP contribution in [0.1, 0.15) is 45.9 Å². The number of aromatic nitrogens is 1. The van der Waals surface area contributed by atoms with Gasteiger partial charge < -0.3 is 15.2 Å². The number of nitriles is 1. The van der Waals surface area contributed by atoms with E-state index in [1.165, 1.54) is 17.0 Å². The zero-order chi connectivity index (χ0) is 19.3. The van der Waals surface area contributed by atoms with Gasteiger partial charge >= 0.3 is 0 Å². The molecule has 5 nitrogen and oxygen atoms in total. The molecule has 2 aromatic heterocycles. The molecule has 1 aromatic carbocycles. The van der Waals surface area contributed by atoms with E-state index in [0.29, 0.717) is 10.3 Å². The zero-order valence-electron chi connectivity index (χ0n) is 15.8. The summed E-state index contributed by atoms with van der Waals surface area (Å²) in [5, 5.41) is 12.6. The molecular formula is C22H20N4OS. The summed E-state index contributed by atoms with van der Waals surface area (Å²) in [5.74, 6) is 0.0664. The smallest absolute Gasteiger partial charge is 0.196 e. The highest BCUT2D eigenvalue weighted by atomic mass is 32.1. The van der Waals surface area contributed by atoms with Gasteiger partial charge in [-0.1, -0.05) is 13.8 Å². The van der Waals surface area contributed by atoms with Crippen LogP contribution in [0.25, 0.3) is 10.2 Å². The number of nitrogens with zero attached hydrogens (tertiary/aromatic N) is 2. The lowest BCUT2D eigenvalue weighted by molar-refractivity contribution is 0.103. The number of H-pyrrole nitrogens is 1. The summed E-state index contributed by atoms with van der Waals surface area (Å²) in [7, 11) is 0. The van der Waals surface area contributed by atoms with E-state index in [0.717, 1.165) is 58.8 Å². The largest absolute Gasteiger partial charge is 0.370 e. The van der Waals surface area contributed by atoms with Crippen molar-refractivity contribution in [1.82, 2.24) is 10.3 Å². The van der Waals surface area contributed by atoms with Gasteiger partial charge in [0.2, 0.25) is 0 Å². The zero-order valence-corrected chi connectivity index (χ0v) is 16.7. The number of thiophene rings is 1. The van der Waals surface area contributed by atoms with E-state index in [1.54, 1.807) is 0 Å². The standard InChI is InChI=1S/C22H20N4OS/c1-21(2)15-5-12(26-10-22(11-26)8-24-9-22)3-4-14(15)18(27)17-19-16(25-20(17)21)6-13(7-23)28-19/h3-6,24-25H,8-11H2,1-2H3. The van der Waals surface area contributed by atoms with Gasteiger partial charge in [0.1, 0.15) is 10.9 Å². The van der Waals surface area contributed by atoms with Crippen LogP contribution < -0.4 is 10.2 Å². The van der Waals surface area contributed by atoms with E-state index in [2.05, 4.69) is 47.3 Å². The molecule has 3 aliphatic rings. The van der Waals surface area contributed by atoms with E-state index in [-0.39, 0.29) is 11.2 Å². The molecule has 1 aliphatic carbocycles. The lowest BCUT2D eigenvalue weighted by Crippen LogP contribution is -2.71. The number of ketones is 1. The maximum absolute atomic E-state index is 13.4. The molecule has 1 spiro atoms. The second kappa shape index (κ2) is 5.05. The molecule has 0 bridgehead atoms. The molecule has 2 N–H and O–H groups in total. The van der Waals surface area contributed by atoms with Crippen molar-refractivity contribution in [1.29, 1.82) is 5.26 Å². The summed E-state index contributed by atoms with van der Waals surface area (Å²) in [6.45, 7) is 8.78. The molecule has 140 valence electrons. The first kappa shape index (κ1) is 16.3. The molecule has 6 rings (SSSR count). The quantitative estimate of drug-likeness (QED) is 0.670. The highest BCUT2D eigenvalue weighted by molar-refractivity contribution is 7.20. The molecule has 2 saturated heterocycles. The second-order valence-corrected chi connectivity index (χ2v) is 10.0. The van der Waals surface area contributed by atoms with Crippen molar-refractivity contribution in [2.75, 3.05) is 31.1 Å². The van der Waals surface area contributed by atoms with E-state index in [1.807, 2.05) is 12.1 Å². The predicted octanol–water partition coefficient (Wildman–Crippen LogP) is 3.38. The van der Waals surface area contributed by atoms with Crippen molar-refractivity contribution in [3.8, 4) is 6.07 Å². The van der Waals surface area contributed by atoms with Gasteiger partial charge in [-0.2, -0.15) is 5.26 Å². The molecule has 28 heavy (non-hydrogen) atoms. The molecule has 2 fully saturated rings. The van der Waals surface area contributed by atoms with Crippen molar-refractivity contribution in [2.45, 2.75) is 19.3 Å². The number of benzene rings is 1. The lowest BCUT2D eigenvalue weighted by atomic mass is 9.71. The van der Waals surface area contributed by atoms with Crippen LogP contribution in [0.5, 0.6) is 0 Å². The molecule has 0 amide bonds. The molecule has 0 atom stereocenters. The molecule has 0 saturated carbocycles. The Bertz CT molecular complexity index is 1210. The Morgan fingerprint density at radius 3 is 2.68 bits per heavy atom. The number of carbonyl (C=O) groups is 1. The Hall–Kier alpha value is -2.62. The summed E-state index contributed by atoms with van der Waals surface area (Å²) >= 11 is 1.40. The van der Waals surface area contributed by atoms with Crippen LogP contribution in [0.3, 0.4) is 0 Å². The van der Waals surface area contributed by atoms with E-state index < -0.39 is 0 Å². The van der Waals surface area contributed by atoms with Gasteiger partial charge in [-0.25, -0.2) is 0 Å². The summed E-state index contributed by atoms with van der Waals surface area (Å²) in [6.07, 6.45) is 0. The Morgan fingerprint density at radius 2 is 2.00 bits per heavy atom. The third-order valence-electron chi connectivity index (χ3n) is 6.77. The number of rotatable bonds is 1. The number of fused-ring (bicyclic) bond motifs is 4. The Morgan fingerprint density at radius 1 is 1.21 bits per heavy atom. The number of hydrogen-bond donors (Lipinski definition) is 2. The average Bonchev–Trinajstić information content (AvgIpc) is 3.15. The van der Waals surface area contributed by atoms with E-state index in [4.69, 9.17) is 0 Å². The third-order valence-corrected chi connectivity index (χ3v) is 7.83. The fourth-order valence-electron chi connectivity index (χ4n) is 5.08. The lowest BCUT2D eigenvalue weighted by Gasteiger charge is -2.57. The van der Waals surface area contributed by atoms with Gasteiger partial charge in [0.25, 0.3) is 0 Å². The van der Waals surface area contributed by atoms with Crippen molar-refractivity contribution >= 4 is 33.0 Å². The fraction of sp³-hybridized carbons (Fsp3) is 0.364. The minimum Gasteiger partial charge on any atom is -0.370 e. The molecule has 4 heterocycles. The van der Waals surface area contributed by atoms with Crippen molar-refractivity contribution < 1.29 is 4.79 Å². The van der Waals surface area contributed by atoms with Gasteiger partial charge in [0.15, 0.2) is 5.78 Å². The number of aromatic amines is 1. The van der Waals surface area contributed by atoms with Gasteiger partial charge in [-0.05, 0) is 29.8 Å². The topological polar surface area (TPSA) is 71.9 Å². The number of hydrogen-bond acceptors (Lipinski definition) is 5.